The minimum Gasteiger partial charge on any atom is -0.295 e. The Labute approximate surface area is 253 Å². The van der Waals surface area contributed by atoms with Gasteiger partial charge in [-0.15, -0.1) is 0 Å². The summed E-state index contributed by atoms with van der Waals surface area (Å²) >= 11 is 0. The van der Waals surface area contributed by atoms with Crippen molar-refractivity contribution in [2.75, 3.05) is 9.80 Å². The van der Waals surface area contributed by atoms with Crippen LogP contribution in [0.2, 0.25) is 0 Å². The molecule has 0 fully saturated rings. The van der Waals surface area contributed by atoms with Crippen LogP contribution in [0.15, 0.2) is 134 Å². The first-order valence-electron chi connectivity index (χ1n) is 14.8. The maximum absolute atomic E-state index is 4.73. The second-order valence-electron chi connectivity index (χ2n) is 11.8. The average Bonchev–Trinajstić information content (AvgIpc) is 3.26. The lowest BCUT2D eigenvalue weighted by molar-refractivity contribution is 0.660. The van der Waals surface area contributed by atoms with Crippen molar-refractivity contribution in [1.82, 2.24) is 9.97 Å². The Morgan fingerprint density at radius 1 is 0.465 bits per heavy atom. The maximum Gasteiger partial charge on any atom is 0.137 e. The summed E-state index contributed by atoms with van der Waals surface area (Å²) in [5, 5.41) is 0. The van der Waals surface area contributed by atoms with Gasteiger partial charge < -0.3 is 0 Å². The van der Waals surface area contributed by atoms with Gasteiger partial charge in [0.25, 0.3) is 0 Å². The van der Waals surface area contributed by atoms with Gasteiger partial charge in [0.2, 0.25) is 0 Å². The van der Waals surface area contributed by atoms with Crippen LogP contribution in [-0.2, 0) is 5.41 Å². The largest absolute Gasteiger partial charge is 0.295 e. The maximum atomic E-state index is 4.73. The van der Waals surface area contributed by atoms with Crippen LogP contribution in [0, 0.1) is 13.8 Å². The fourth-order valence-electron chi connectivity index (χ4n) is 6.18. The van der Waals surface area contributed by atoms with Crippen molar-refractivity contribution >= 4 is 34.4 Å². The van der Waals surface area contributed by atoms with Gasteiger partial charge in [0.05, 0.1) is 0 Å². The van der Waals surface area contributed by atoms with Crippen molar-refractivity contribution in [3.05, 3.63) is 156 Å². The van der Waals surface area contributed by atoms with E-state index in [1.54, 1.807) is 0 Å². The molecule has 0 radical (unpaired) electrons. The Kier molecular flexibility index (Phi) is 6.55. The molecule has 4 heteroatoms. The highest BCUT2D eigenvalue weighted by atomic mass is 15.2. The Bertz CT molecular complexity index is 1750. The zero-order chi connectivity index (χ0) is 29.6. The fraction of sp³-hybridized carbons (Fsp3) is 0.128. The Hall–Kier alpha value is -5.22. The quantitative estimate of drug-likeness (QED) is 0.204. The monoisotopic (exact) mass is 558 g/mol. The number of hydrogen-bond acceptors (Lipinski definition) is 4. The molecular weight excluding hydrogens is 524 g/mol. The minimum atomic E-state index is -0.206. The van der Waals surface area contributed by atoms with Gasteiger partial charge in [0.15, 0.2) is 0 Å². The van der Waals surface area contributed by atoms with Crippen molar-refractivity contribution < 1.29 is 0 Å². The summed E-state index contributed by atoms with van der Waals surface area (Å²) in [6.45, 7) is 8.90. The topological polar surface area (TPSA) is 32.3 Å². The SMILES string of the molecule is Cc1ccc(N(c2ccc3c(c2)C(C)(C)c2cc(N(c4ccc(C)cc4)c4ccccn4)ccc2-3)c2ccccn2)cc1. The van der Waals surface area contributed by atoms with Crippen LogP contribution >= 0.6 is 0 Å². The molecule has 4 nitrogen and oxygen atoms in total. The van der Waals surface area contributed by atoms with Gasteiger partial charge in [0, 0.05) is 40.6 Å². The first-order chi connectivity index (χ1) is 20.9. The standard InChI is InChI=1S/C39H34N4/c1-27-11-15-29(16-12-27)42(37-9-5-7-23-40-37)31-19-21-33-34-22-20-32(26-36(34)39(3,4)35(33)25-31)43(38-10-6-8-24-41-38)30-17-13-28(2)14-18-30/h5-26H,1-4H3. The summed E-state index contributed by atoms with van der Waals surface area (Å²) < 4.78 is 0. The normalized spacial score (nSPS) is 12.8. The van der Waals surface area contributed by atoms with E-state index in [0.29, 0.717) is 0 Å². The van der Waals surface area contributed by atoms with E-state index in [9.17, 15) is 0 Å². The molecule has 1 aliphatic rings. The number of hydrogen-bond donors (Lipinski definition) is 0. The molecule has 0 unspecified atom stereocenters. The molecule has 0 bridgehead atoms. The van der Waals surface area contributed by atoms with Crippen LogP contribution < -0.4 is 9.80 Å². The van der Waals surface area contributed by atoms with Crippen molar-refractivity contribution in [2.45, 2.75) is 33.1 Å². The van der Waals surface area contributed by atoms with Crippen LogP contribution in [0.1, 0.15) is 36.1 Å². The molecule has 0 spiro atoms. The van der Waals surface area contributed by atoms with E-state index in [-0.39, 0.29) is 5.41 Å². The van der Waals surface area contributed by atoms with Crippen molar-refractivity contribution in [3.8, 4) is 11.1 Å². The Morgan fingerprint density at radius 2 is 0.860 bits per heavy atom. The van der Waals surface area contributed by atoms with E-state index >= 15 is 0 Å². The van der Waals surface area contributed by atoms with Crippen LogP contribution in [0.5, 0.6) is 0 Å². The number of rotatable bonds is 6. The number of nitrogens with zero attached hydrogens (tertiary/aromatic N) is 4. The molecule has 6 aromatic rings. The third-order valence-corrected chi connectivity index (χ3v) is 8.50. The first kappa shape index (κ1) is 26.7. The molecule has 210 valence electrons. The Morgan fingerprint density at radius 3 is 1.23 bits per heavy atom. The molecule has 0 atom stereocenters. The smallest absolute Gasteiger partial charge is 0.137 e. The molecule has 0 aliphatic heterocycles. The summed E-state index contributed by atoms with van der Waals surface area (Å²) in [6.07, 6.45) is 3.71. The zero-order valence-corrected chi connectivity index (χ0v) is 25.0. The minimum absolute atomic E-state index is 0.206. The van der Waals surface area contributed by atoms with Crippen LogP contribution in [-0.4, -0.2) is 9.97 Å². The van der Waals surface area contributed by atoms with E-state index in [0.717, 1.165) is 34.4 Å². The molecule has 0 amide bonds. The number of aromatic nitrogens is 2. The molecule has 2 aromatic heterocycles. The molecule has 43 heavy (non-hydrogen) atoms. The van der Waals surface area contributed by atoms with Gasteiger partial charge in [-0.1, -0.05) is 73.5 Å². The molecule has 4 aromatic carbocycles. The van der Waals surface area contributed by atoms with Gasteiger partial charge in [0.1, 0.15) is 11.6 Å². The third-order valence-electron chi connectivity index (χ3n) is 8.50. The summed E-state index contributed by atoms with van der Waals surface area (Å²) in [6, 6.07) is 43.1. The van der Waals surface area contributed by atoms with Gasteiger partial charge >= 0.3 is 0 Å². The first-order valence-corrected chi connectivity index (χ1v) is 14.8. The predicted octanol–water partition coefficient (Wildman–Crippen LogP) is 10.3. The molecule has 2 heterocycles. The highest BCUT2D eigenvalue weighted by Crippen LogP contribution is 2.52. The molecule has 0 saturated carbocycles. The van der Waals surface area contributed by atoms with E-state index in [2.05, 4.69) is 135 Å². The molecule has 1 aliphatic carbocycles. The van der Waals surface area contributed by atoms with Gasteiger partial charge in [-0.05, 0) is 109 Å². The van der Waals surface area contributed by atoms with Crippen LogP contribution in [0.4, 0.5) is 34.4 Å². The van der Waals surface area contributed by atoms with Gasteiger partial charge in [-0.3, -0.25) is 9.80 Å². The number of anilines is 6. The molecule has 0 N–H and O–H groups in total. The average molecular weight is 559 g/mol. The fourth-order valence-corrected chi connectivity index (χ4v) is 6.18. The highest BCUT2D eigenvalue weighted by Gasteiger charge is 2.37. The number of aryl methyl sites for hydroxylation is 2. The number of fused-ring (bicyclic) bond motifs is 3. The van der Waals surface area contributed by atoms with Gasteiger partial charge in [-0.25, -0.2) is 9.97 Å². The summed E-state index contributed by atoms with van der Waals surface area (Å²) in [4.78, 5) is 13.9. The van der Waals surface area contributed by atoms with E-state index in [1.165, 1.54) is 33.4 Å². The lowest BCUT2D eigenvalue weighted by atomic mass is 9.82. The lowest BCUT2D eigenvalue weighted by Gasteiger charge is -2.28. The van der Waals surface area contributed by atoms with Crippen LogP contribution in [0.25, 0.3) is 11.1 Å². The second kappa shape index (κ2) is 10.6. The van der Waals surface area contributed by atoms with Crippen LogP contribution in [0.3, 0.4) is 0 Å². The molecule has 7 rings (SSSR count). The zero-order valence-electron chi connectivity index (χ0n) is 25.0. The summed E-state index contributed by atoms with van der Waals surface area (Å²) in [5.41, 5.74) is 11.8. The van der Waals surface area contributed by atoms with Crippen molar-refractivity contribution in [1.29, 1.82) is 0 Å². The summed E-state index contributed by atoms with van der Waals surface area (Å²) in [5.74, 6) is 1.79. The highest BCUT2D eigenvalue weighted by molar-refractivity contribution is 5.87. The predicted molar refractivity (Wildman–Crippen MR) is 178 cm³/mol. The van der Waals surface area contributed by atoms with E-state index in [1.807, 2.05) is 36.7 Å². The van der Waals surface area contributed by atoms with Crippen molar-refractivity contribution in [3.63, 3.8) is 0 Å². The third kappa shape index (κ3) is 4.75. The van der Waals surface area contributed by atoms with E-state index in [4.69, 9.17) is 9.97 Å². The summed E-state index contributed by atoms with van der Waals surface area (Å²) in [7, 11) is 0. The molecule has 0 saturated heterocycles. The number of pyridine rings is 2. The molecular formula is C39H34N4. The van der Waals surface area contributed by atoms with E-state index < -0.39 is 0 Å². The Balaban J connectivity index is 1.33. The van der Waals surface area contributed by atoms with Gasteiger partial charge in [-0.2, -0.15) is 0 Å². The lowest BCUT2D eigenvalue weighted by Crippen LogP contribution is -2.18. The number of benzene rings is 4. The second-order valence-corrected chi connectivity index (χ2v) is 11.8. The van der Waals surface area contributed by atoms with Crippen molar-refractivity contribution in [2.24, 2.45) is 0 Å².